The molecule has 1 saturated heterocycles. The van der Waals surface area contributed by atoms with Gasteiger partial charge in [-0.1, -0.05) is 65.9 Å². The number of aromatic amines is 1. The first-order chi connectivity index (χ1) is 21.8. The number of carbonyl (C=O) groups is 3. The number of carbonyl (C=O) groups excluding carboxylic acids is 3. The Morgan fingerprint density at radius 2 is 1.31 bits per heavy atom. The fourth-order valence-corrected chi connectivity index (χ4v) is 5.57. The van der Waals surface area contributed by atoms with Crippen LogP contribution in [0.5, 0.6) is 0 Å². The number of ether oxygens (including phenoxy) is 4. The second kappa shape index (κ2) is 12.6. The molecule has 4 atom stereocenters. The average Bonchev–Trinajstić information content (AvgIpc) is 3.61. The molecule has 5 aromatic rings. The molecule has 13 nitrogen and oxygen atoms in total. The van der Waals surface area contributed by atoms with Gasteiger partial charge >= 0.3 is 23.6 Å². The van der Waals surface area contributed by atoms with Crippen molar-refractivity contribution in [3.63, 3.8) is 0 Å². The summed E-state index contributed by atoms with van der Waals surface area (Å²) in [7, 11) is 0. The predicted octanol–water partition coefficient (Wildman–Crippen LogP) is 2.93. The molecule has 45 heavy (non-hydrogen) atoms. The maximum atomic E-state index is 13.4. The van der Waals surface area contributed by atoms with Gasteiger partial charge in [-0.3, -0.25) is 9.78 Å². The molecule has 0 saturated carbocycles. The smallest absolute Gasteiger partial charge is 0.338 e. The molecule has 1 aliphatic heterocycles. The van der Waals surface area contributed by atoms with Gasteiger partial charge in [0, 0.05) is 0 Å². The van der Waals surface area contributed by atoms with Gasteiger partial charge in [0.25, 0.3) is 5.56 Å². The minimum absolute atomic E-state index is 0.00827. The van der Waals surface area contributed by atoms with Gasteiger partial charge in [0.05, 0.1) is 16.7 Å². The molecule has 0 unspecified atom stereocenters. The van der Waals surface area contributed by atoms with Crippen LogP contribution in [0.2, 0.25) is 0 Å². The Hall–Kier alpha value is -5.60. The SMILES string of the molecule is Nc1nc2c(s1)c(=O)[nH]c(=O)n2[C@@H]1O[C@H](COC(=O)c2ccccc2)[C@@H](OC(=O)c2ccccc2)[C@H]1OC(=O)c1ccccc1. The first kappa shape index (κ1) is 29.5. The van der Waals surface area contributed by atoms with Crippen LogP contribution in [-0.4, -0.2) is 57.4 Å². The van der Waals surface area contributed by atoms with Crippen molar-refractivity contribution < 1.29 is 33.3 Å². The van der Waals surface area contributed by atoms with Crippen molar-refractivity contribution in [1.29, 1.82) is 0 Å². The van der Waals surface area contributed by atoms with Gasteiger partial charge in [-0.05, 0) is 36.4 Å². The monoisotopic (exact) mass is 628 g/mol. The number of nitrogens with one attached hydrogen (secondary N) is 1. The molecule has 0 spiro atoms. The van der Waals surface area contributed by atoms with Gasteiger partial charge in [0.2, 0.25) is 0 Å². The van der Waals surface area contributed by atoms with E-state index in [1.165, 1.54) is 24.3 Å². The van der Waals surface area contributed by atoms with E-state index in [1.807, 2.05) is 0 Å². The van der Waals surface area contributed by atoms with Crippen molar-refractivity contribution in [2.75, 3.05) is 12.3 Å². The molecule has 0 aliphatic carbocycles. The first-order valence-corrected chi connectivity index (χ1v) is 14.4. The second-order valence-corrected chi connectivity index (χ2v) is 10.9. The summed E-state index contributed by atoms with van der Waals surface area (Å²) < 4.78 is 24.5. The van der Waals surface area contributed by atoms with Crippen LogP contribution in [-0.2, 0) is 18.9 Å². The molecule has 228 valence electrons. The highest BCUT2D eigenvalue weighted by molar-refractivity contribution is 7.21. The van der Waals surface area contributed by atoms with Gasteiger partial charge in [-0.15, -0.1) is 0 Å². The third-order valence-corrected chi connectivity index (χ3v) is 7.81. The lowest BCUT2D eigenvalue weighted by molar-refractivity contribution is -0.0622. The number of thiazole rings is 1. The number of nitrogen functional groups attached to an aromatic ring is 1. The number of hydrogen-bond acceptors (Lipinski definition) is 12. The lowest BCUT2D eigenvalue weighted by atomic mass is 10.1. The molecule has 0 radical (unpaired) electrons. The van der Waals surface area contributed by atoms with Crippen LogP contribution >= 0.6 is 11.3 Å². The molecular weight excluding hydrogens is 604 g/mol. The first-order valence-electron chi connectivity index (χ1n) is 13.6. The number of benzene rings is 3. The lowest BCUT2D eigenvalue weighted by Gasteiger charge is -2.25. The van der Waals surface area contributed by atoms with Crippen LogP contribution < -0.4 is 17.0 Å². The standard InChI is InChI=1S/C31H24N4O9S/c32-30-33-24-23(45-30)25(36)34-31(40)35(24)26-22(44-29(39)19-14-8-3-9-15-19)21(43-28(38)18-12-6-2-7-13-18)20(42-26)16-41-27(37)17-10-4-1-5-11-17/h1-15,20-22,26H,16H2,(H2,32,33)(H,34,36,40)/t20-,21-,22-,26-/m1/s1. The zero-order valence-corrected chi connectivity index (χ0v) is 24.0. The normalized spacial score (nSPS) is 19.2. The van der Waals surface area contributed by atoms with Gasteiger partial charge < -0.3 is 24.7 Å². The highest BCUT2D eigenvalue weighted by Crippen LogP contribution is 2.36. The number of esters is 3. The average molecular weight is 629 g/mol. The van der Waals surface area contributed by atoms with E-state index in [2.05, 4.69) is 9.97 Å². The summed E-state index contributed by atoms with van der Waals surface area (Å²) in [5.74, 6) is -2.30. The van der Waals surface area contributed by atoms with Crippen LogP contribution in [0, 0.1) is 0 Å². The van der Waals surface area contributed by atoms with Crippen LogP contribution in [0.4, 0.5) is 5.13 Å². The fraction of sp³-hybridized carbons (Fsp3) is 0.161. The van der Waals surface area contributed by atoms with Crippen molar-refractivity contribution in [3.8, 4) is 0 Å². The van der Waals surface area contributed by atoms with Crippen LogP contribution in [0.25, 0.3) is 10.3 Å². The highest BCUT2D eigenvalue weighted by Gasteiger charge is 2.52. The Labute approximate surface area is 257 Å². The minimum Gasteiger partial charge on any atom is -0.459 e. The number of nitrogens with zero attached hydrogens (tertiary/aromatic N) is 2. The number of rotatable bonds is 8. The second-order valence-electron chi connectivity index (χ2n) is 9.84. The third kappa shape index (κ3) is 6.09. The van der Waals surface area contributed by atoms with Crippen LogP contribution in [0.1, 0.15) is 37.3 Å². The quantitative estimate of drug-likeness (QED) is 0.190. The van der Waals surface area contributed by atoms with E-state index in [4.69, 9.17) is 24.7 Å². The molecule has 6 rings (SSSR count). The molecule has 14 heteroatoms. The summed E-state index contributed by atoms with van der Waals surface area (Å²) in [6.45, 7) is -0.462. The van der Waals surface area contributed by atoms with E-state index in [-0.39, 0.29) is 32.2 Å². The van der Waals surface area contributed by atoms with Crippen LogP contribution in [0.15, 0.2) is 101 Å². The molecule has 1 aliphatic rings. The maximum absolute atomic E-state index is 13.4. The number of fused-ring (bicyclic) bond motifs is 1. The van der Waals surface area contributed by atoms with E-state index >= 15 is 0 Å². The van der Waals surface area contributed by atoms with Crippen molar-refractivity contribution >= 4 is 44.7 Å². The highest BCUT2D eigenvalue weighted by atomic mass is 32.1. The van der Waals surface area contributed by atoms with Gasteiger partial charge in [0.15, 0.2) is 29.2 Å². The summed E-state index contributed by atoms with van der Waals surface area (Å²) in [6, 6.07) is 24.2. The summed E-state index contributed by atoms with van der Waals surface area (Å²) in [4.78, 5) is 71.7. The minimum atomic E-state index is -1.50. The number of aromatic nitrogens is 3. The van der Waals surface area contributed by atoms with Crippen molar-refractivity contribution in [1.82, 2.24) is 14.5 Å². The predicted molar refractivity (Wildman–Crippen MR) is 161 cm³/mol. The Morgan fingerprint density at radius 1 is 0.800 bits per heavy atom. The molecule has 2 aromatic heterocycles. The molecule has 3 heterocycles. The molecule has 3 N–H and O–H groups in total. The molecule has 0 amide bonds. The van der Waals surface area contributed by atoms with E-state index in [1.54, 1.807) is 66.7 Å². The fourth-order valence-electron chi connectivity index (χ4n) is 4.85. The number of hydrogen-bond donors (Lipinski definition) is 2. The lowest BCUT2D eigenvalue weighted by Crippen LogP contribution is -2.43. The Morgan fingerprint density at radius 3 is 1.87 bits per heavy atom. The molecule has 1 fully saturated rings. The zero-order valence-electron chi connectivity index (χ0n) is 23.2. The number of nitrogens with two attached hydrogens (primary N) is 1. The third-order valence-electron chi connectivity index (χ3n) is 6.93. The summed E-state index contributed by atoms with van der Waals surface area (Å²) in [6.07, 6.45) is -5.63. The van der Waals surface area contributed by atoms with E-state index in [0.29, 0.717) is 0 Å². The van der Waals surface area contributed by atoms with E-state index < -0.39 is 60.3 Å². The molecule has 0 bridgehead atoms. The summed E-state index contributed by atoms with van der Waals surface area (Å²) >= 11 is 0.839. The van der Waals surface area contributed by atoms with Crippen molar-refractivity contribution in [3.05, 3.63) is 129 Å². The van der Waals surface area contributed by atoms with Crippen molar-refractivity contribution in [2.45, 2.75) is 24.5 Å². The van der Waals surface area contributed by atoms with Gasteiger partial charge in [-0.25, -0.2) is 28.7 Å². The topological polar surface area (TPSA) is 182 Å². The Balaban J connectivity index is 1.43. The molecule has 3 aromatic carbocycles. The largest absolute Gasteiger partial charge is 0.459 e. The van der Waals surface area contributed by atoms with E-state index in [0.717, 1.165) is 15.9 Å². The van der Waals surface area contributed by atoms with Gasteiger partial charge in [0.1, 0.15) is 17.4 Å². The Kier molecular flexibility index (Phi) is 8.22. The van der Waals surface area contributed by atoms with E-state index in [9.17, 15) is 24.0 Å². The number of H-pyrrole nitrogens is 1. The summed E-state index contributed by atoms with van der Waals surface area (Å²) in [5.41, 5.74) is 4.68. The number of anilines is 1. The zero-order chi connectivity index (χ0) is 31.5. The molecular formula is C31H24N4O9S. The summed E-state index contributed by atoms with van der Waals surface area (Å²) in [5, 5.41) is -0.00827. The van der Waals surface area contributed by atoms with Crippen LogP contribution in [0.3, 0.4) is 0 Å². The van der Waals surface area contributed by atoms with Crippen molar-refractivity contribution in [2.24, 2.45) is 0 Å². The Bertz CT molecular complexity index is 1980. The van der Waals surface area contributed by atoms with Gasteiger partial charge in [-0.2, -0.15) is 0 Å². The maximum Gasteiger partial charge on any atom is 0.338 e.